The lowest BCUT2D eigenvalue weighted by Crippen LogP contribution is -2.32. The molecule has 0 aliphatic carbocycles. The number of carbonyl (C=O) groups excluding carboxylic acids is 1. The van der Waals surface area contributed by atoms with E-state index in [1.165, 1.54) is 0 Å². The maximum Gasteiger partial charge on any atom is 0.271 e. The van der Waals surface area contributed by atoms with Crippen molar-refractivity contribution in [3.05, 3.63) is 35.7 Å². The molecule has 0 bridgehead atoms. The number of ether oxygens (including phenoxy) is 3. The van der Waals surface area contributed by atoms with Crippen LogP contribution in [0.1, 0.15) is 34.9 Å². The Hall–Kier alpha value is -2.74. The molecule has 2 aromatic rings. The Labute approximate surface area is 165 Å². The van der Waals surface area contributed by atoms with E-state index in [4.69, 9.17) is 14.2 Å². The average molecular weight is 388 g/mol. The normalized spacial score (nSPS) is 16.5. The van der Waals surface area contributed by atoms with Crippen LogP contribution in [0.2, 0.25) is 0 Å². The van der Waals surface area contributed by atoms with E-state index in [-0.39, 0.29) is 5.91 Å². The maximum atomic E-state index is 12.5. The molecular formula is C20H28N4O4. The van der Waals surface area contributed by atoms with Crippen LogP contribution in [-0.2, 0) is 6.42 Å². The van der Waals surface area contributed by atoms with Crippen molar-refractivity contribution < 1.29 is 19.0 Å². The fourth-order valence-electron chi connectivity index (χ4n) is 3.44. The second-order valence-corrected chi connectivity index (χ2v) is 6.70. The molecule has 0 radical (unpaired) electrons. The van der Waals surface area contributed by atoms with E-state index in [0.717, 1.165) is 31.5 Å². The van der Waals surface area contributed by atoms with Crippen LogP contribution in [0.25, 0.3) is 0 Å². The number of benzene rings is 1. The first-order valence-electron chi connectivity index (χ1n) is 9.49. The van der Waals surface area contributed by atoms with Gasteiger partial charge in [0.2, 0.25) is 0 Å². The highest BCUT2D eigenvalue weighted by Crippen LogP contribution is 2.34. The summed E-state index contributed by atoms with van der Waals surface area (Å²) < 4.78 is 18.0. The van der Waals surface area contributed by atoms with Crippen molar-refractivity contribution in [1.82, 2.24) is 20.4 Å². The highest BCUT2D eigenvalue weighted by Gasteiger charge is 2.18. The fourth-order valence-corrected chi connectivity index (χ4v) is 3.44. The van der Waals surface area contributed by atoms with Crippen molar-refractivity contribution >= 4 is 5.91 Å². The van der Waals surface area contributed by atoms with E-state index < -0.39 is 0 Å². The number of nitrogens with one attached hydrogen (secondary N) is 2. The topological polar surface area (TPSA) is 86.6 Å². The van der Waals surface area contributed by atoms with Gasteiger partial charge in [-0.3, -0.25) is 9.48 Å². The van der Waals surface area contributed by atoms with Crippen LogP contribution in [0, 0.1) is 0 Å². The summed E-state index contributed by atoms with van der Waals surface area (Å²) in [4.78, 5) is 12.5. The predicted molar refractivity (Wildman–Crippen MR) is 106 cm³/mol. The third kappa shape index (κ3) is 4.56. The number of piperidine rings is 1. The second kappa shape index (κ2) is 9.45. The number of hydrogen-bond donors (Lipinski definition) is 2. The largest absolute Gasteiger partial charge is 0.496 e. The van der Waals surface area contributed by atoms with Gasteiger partial charge in [-0.05, 0) is 31.9 Å². The van der Waals surface area contributed by atoms with Gasteiger partial charge in [0, 0.05) is 37.0 Å². The van der Waals surface area contributed by atoms with Crippen LogP contribution in [0.5, 0.6) is 17.2 Å². The molecule has 1 aliphatic rings. The van der Waals surface area contributed by atoms with Crippen molar-refractivity contribution in [3.63, 3.8) is 0 Å². The van der Waals surface area contributed by atoms with Gasteiger partial charge >= 0.3 is 0 Å². The van der Waals surface area contributed by atoms with E-state index in [0.29, 0.717) is 41.9 Å². The van der Waals surface area contributed by atoms with Gasteiger partial charge in [-0.1, -0.05) is 0 Å². The standard InChI is InChI=1S/C20H28N4O4/c1-26-15-11-18(27-2)16(19(12-15)28-3)6-9-22-20(25)17-7-10-24(23-17)14-5-4-8-21-13-14/h7,10-12,14,21H,4-6,8-9,13H2,1-3H3,(H,22,25). The lowest BCUT2D eigenvalue weighted by Gasteiger charge is -2.22. The van der Waals surface area contributed by atoms with Gasteiger partial charge in [0.05, 0.1) is 27.4 Å². The van der Waals surface area contributed by atoms with Crippen molar-refractivity contribution in [2.75, 3.05) is 41.0 Å². The molecule has 3 rings (SSSR count). The van der Waals surface area contributed by atoms with E-state index in [1.807, 2.05) is 10.9 Å². The SMILES string of the molecule is COc1cc(OC)c(CCNC(=O)c2ccn(C3CCCNC3)n2)c(OC)c1. The summed E-state index contributed by atoms with van der Waals surface area (Å²) in [6, 6.07) is 5.68. The number of rotatable bonds is 8. The van der Waals surface area contributed by atoms with Gasteiger partial charge in [-0.15, -0.1) is 0 Å². The maximum absolute atomic E-state index is 12.5. The molecule has 1 aliphatic heterocycles. The quantitative estimate of drug-likeness (QED) is 0.717. The Bertz CT molecular complexity index is 774. The summed E-state index contributed by atoms with van der Waals surface area (Å²) in [5.41, 5.74) is 1.31. The summed E-state index contributed by atoms with van der Waals surface area (Å²) in [5.74, 6) is 1.80. The molecule has 0 spiro atoms. The number of hydrogen-bond acceptors (Lipinski definition) is 6. The minimum Gasteiger partial charge on any atom is -0.496 e. The number of carbonyl (C=O) groups is 1. The van der Waals surface area contributed by atoms with Crippen molar-refractivity contribution in [2.24, 2.45) is 0 Å². The van der Waals surface area contributed by atoms with Crippen molar-refractivity contribution in [3.8, 4) is 17.2 Å². The molecule has 8 heteroatoms. The number of nitrogens with zero attached hydrogens (tertiary/aromatic N) is 2. The van der Waals surface area contributed by atoms with E-state index in [2.05, 4.69) is 15.7 Å². The van der Waals surface area contributed by atoms with Crippen molar-refractivity contribution in [1.29, 1.82) is 0 Å². The summed E-state index contributed by atoms with van der Waals surface area (Å²) in [6.45, 7) is 2.37. The van der Waals surface area contributed by atoms with Crippen LogP contribution in [0.15, 0.2) is 24.4 Å². The van der Waals surface area contributed by atoms with Gasteiger partial charge in [-0.2, -0.15) is 5.10 Å². The molecule has 152 valence electrons. The van der Waals surface area contributed by atoms with E-state index >= 15 is 0 Å². The molecule has 1 fully saturated rings. The smallest absolute Gasteiger partial charge is 0.271 e. The molecular weight excluding hydrogens is 360 g/mol. The molecule has 1 aromatic heterocycles. The predicted octanol–water partition coefficient (Wildman–Crippen LogP) is 1.81. The Morgan fingerprint density at radius 2 is 2.00 bits per heavy atom. The van der Waals surface area contributed by atoms with Gasteiger partial charge in [0.1, 0.15) is 22.9 Å². The molecule has 2 N–H and O–H groups in total. The summed E-state index contributed by atoms with van der Waals surface area (Å²) in [7, 11) is 4.79. The minimum atomic E-state index is -0.186. The monoisotopic (exact) mass is 388 g/mol. The average Bonchev–Trinajstić information content (AvgIpc) is 3.24. The zero-order chi connectivity index (χ0) is 19.9. The Morgan fingerprint density at radius 1 is 1.25 bits per heavy atom. The van der Waals surface area contributed by atoms with Crippen molar-refractivity contribution in [2.45, 2.75) is 25.3 Å². The zero-order valence-electron chi connectivity index (χ0n) is 16.7. The summed E-state index contributed by atoms with van der Waals surface area (Å²) >= 11 is 0. The highest BCUT2D eigenvalue weighted by molar-refractivity contribution is 5.92. The summed E-state index contributed by atoms with van der Waals surface area (Å²) in [6.07, 6.45) is 4.64. The molecule has 28 heavy (non-hydrogen) atoms. The van der Waals surface area contributed by atoms with Crippen LogP contribution in [-0.4, -0.2) is 56.7 Å². The van der Waals surface area contributed by atoms with Crippen LogP contribution >= 0.6 is 0 Å². The first-order chi connectivity index (χ1) is 13.7. The molecule has 1 amide bonds. The third-order valence-corrected chi connectivity index (χ3v) is 4.96. The summed E-state index contributed by atoms with van der Waals surface area (Å²) in [5, 5.41) is 10.7. The molecule has 2 heterocycles. The third-order valence-electron chi connectivity index (χ3n) is 4.96. The van der Waals surface area contributed by atoms with E-state index in [9.17, 15) is 4.79 Å². The molecule has 1 unspecified atom stereocenters. The first kappa shape index (κ1) is 20.0. The molecule has 1 saturated heterocycles. The van der Waals surface area contributed by atoms with Gasteiger partial charge in [0.15, 0.2) is 0 Å². The van der Waals surface area contributed by atoms with Crippen LogP contribution in [0.4, 0.5) is 0 Å². The molecule has 1 aromatic carbocycles. The molecule has 0 saturated carbocycles. The lowest BCUT2D eigenvalue weighted by molar-refractivity contribution is 0.0947. The Kier molecular flexibility index (Phi) is 6.76. The van der Waals surface area contributed by atoms with Crippen LogP contribution < -0.4 is 24.8 Å². The fraction of sp³-hybridized carbons (Fsp3) is 0.500. The molecule has 8 nitrogen and oxygen atoms in total. The number of methoxy groups -OCH3 is 3. The lowest BCUT2D eigenvalue weighted by atomic mass is 10.1. The second-order valence-electron chi connectivity index (χ2n) is 6.70. The molecule has 1 atom stereocenters. The Balaban J connectivity index is 1.60. The van der Waals surface area contributed by atoms with Gasteiger partial charge < -0.3 is 24.8 Å². The van der Waals surface area contributed by atoms with Gasteiger partial charge in [-0.25, -0.2) is 0 Å². The van der Waals surface area contributed by atoms with E-state index in [1.54, 1.807) is 39.5 Å². The Morgan fingerprint density at radius 3 is 2.61 bits per heavy atom. The zero-order valence-corrected chi connectivity index (χ0v) is 16.7. The minimum absolute atomic E-state index is 0.186. The number of amides is 1. The number of aromatic nitrogens is 2. The van der Waals surface area contributed by atoms with Gasteiger partial charge in [0.25, 0.3) is 5.91 Å². The first-order valence-corrected chi connectivity index (χ1v) is 9.49. The highest BCUT2D eigenvalue weighted by atomic mass is 16.5. The van der Waals surface area contributed by atoms with Crippen LogP contribution in [0.3, 0.4) is 0 Å².